The molecule has 0 atom stereocenters. The van der Waals surface area contributed by atoms with Crippen LogP contribution in [0.2, 0.25) is 0 Å². The molecule has 1 aromatic heterocycles. The minimum Gasteiger partial charge on any atom is -0.456 e. The average molecular weight is 386 g/mol. The van der Waals surface area contributed by atoms with E-state index in [0.717, 1.165) is 11.2 Å². The van der Waals surface area contributed by atoms with E-state index in [1.807, 2.05) is 0 Å². The fourth-order valence-corrected chi connectivity index (χ4v) is 5.24. The summed E-state index contributed by atoms with van der Waals surface area (Å²) in [6.07, 6.45) is 0. The third kappa shape index (κ3) is 2.35. The van der Waals surface area contributed by atoms with Gasteiger partial charge in [-0.25, -0.2) is 0 Å². The third-order valence-corrected chi connectivity index (χ3v) is 6.33. The minimum absolute atomic E-state index is 0.926. The molecule has 0 saturated carbocycles. The summed E-state index contributed by atoms with van der Waals surface area (Å²) in [5, 5.41) is 7.31. The van der Waals surface area contributed by atoms with Gasteiger partial charge in [-0.3, -0.25) is 0 Å². The molecule has 0 amide bonds. The monoisotopic (exact) mass is 386 g/mol. The predicted octanol–water partition coefficient (Wildman–Crippen LogP) is 8.48. The first-order chi connectivity index (χ1) is 14.6. The third-order valence-electron chi connectivity index (χ3n) is 6.33. The topological polar surface area (TPSA) is 13.1 Å². The molecule has 0 spiro atoms. The van der Waals surface area contributed by atoms with E-state index in [0.29, 0.717) is 0 Å². The Hall–Kier alpha value is -3.58. The van der Waals surface area contributed by atoms with Crippen LogP contribution in [0.15, 0.2) is 83.3 Å². The zero-order chi connectivity index (χ0) is 20.4. The van der Waals surface area contributed by atoms with Gasteiger partial charge < -0.3 is 4.42 Å². The molecule has 5 aromatic carbocycles. The largest absolute Gasteiger partial charge is 0.456 e. The SMILES string of the molecule is Cc1cc(C)c(-c2ccc3oc4cccc5cccc(c6cccc2c36)c54)c(C)c1. The molecule has 0 saturated heterocycles. The van der Waals surface area contributed by atoms with Crippen molar-refractivity contribution in [3.8, 4) is 11.1 Å². The molecule has 144 valence electrons. The molecular formula is C29H22O. The van der Waals surface area contributed by atoms with Crippen LogP contribution >= 0.6 is 0 Å². The Balaban J connectivity index is 1.87. The van der Waals surface area contributed by atoms with E-state index in [9.17, 15) is 0 Å². The molecule has 0 bridgehead atoms. The molecular weight excluding hydrogens is 364 g/mol. The van der Waals surface area contributed by atoms with Crippen LogP contribution in [-0.4, -0.2) is 0 Å². The summed E-state index contributed by atoms with van der Waals surface area (Å²) in [5.41, 5.74) is 8.38. The summed E-state index contributed by atoms with van der Waals surface area (Å²) < 4.78 is 6.52. The van der Waals surface area contributed by atoms with E-state index in [1.165, 1.54) is 60.1 Å². The van der Waals surface area contributed by atoms with Crippen molar-refractivity contribution in [2.24, 2.45) is 0 Å². The lowest BCUT2D eigenvalue weighted by molar-refractivity contribution is 0.664. The van der Waals surface area contributed by atoms with Crippen molar-refractivity contribution in [2.75, 3.05) is 0 Å². The summed E-state index contributed by atoms with van der Waals surface area (Å²) in [7, 11) is 0. The Morgan fingerprint density at radius 1 is 0.567 bits per heavy atom. The van der Waals surface area contributed by atoms with Crippen molar-refractivity contribution in [2.45, 2.75) is 20.8 Å². The van der Waals surface area contributed by atoms with Gasteiger partial charge in [-0.15, -0.1) is 0 Å². The molecule has 0 N–H and O–H groups in total. The molecule has 0 radical (unpaired) electrons. The van der Waals surface area contributed by atoms with Crippen molar-refractivity contribution in [3.05, 3.63) is 95.6 Å². The van der Waals surface area contributed by atoms with Gasteiger partial charge >= 0.3 is 0 Å². The summed E-state index contributed by atoms with van der Waals surface area (Å²) in [6.45, 7) is 6.59. The van der Waals surface area contributed by atoms with Crippen molar-refractivity contribution < 1.29 is 4.42 Å². The molecule has 6 rings (SSSR count). The summed E-state index contributed by atoms with van der Waals surface area (Å²) in [5.74, 6) is 0. The molecule has 1 heterocycles. The Kier molecular flexibility index (Phi) is 3.58. The number of rotatable bonds is 1. The van der Waals surface area contributed by atoms with Gasteiger partial charge in [0.15, 0.2) is 0 Å². The maximum absolute atomic E-state index is 6.52. The van der Waals surface area contributed by atoms with E-state index >= 15 is 0 Å². The van der Waals surface area contributed by atoms with Gasteiger partial charge in [0.05, 0.1) is 0 Å². The molecule has 0 aliphatic carbocycles. The quantitative estimate of drug-likeness (QED) is 0.276. The van der Waals surface area contributed by atoms with Gasteiger partial charge in [0.1, 0.15) is 11.2 Å². The minimum atomic E-state index is 0.926. The van der Waals surface area contributed by atoms with Crippen LogP contribution in [0.1, 0.15) is 16.7 Å². The summed E-state index contributed by atoms with van der Waals surface area (Å²) in [6, 6.07) is 28.4. The number of fused-ring (bicyclic) bond motifs is 1. The highest BCUT2D eigenvalue weighted by atomic mass is 16.3. The molecule has 1 heteroatoms. The summed E-state index contributed by atoms with van der Waals surface area (Å²) in [4.78, 5) is 0. The average Bonchev–Trinajstić information content (AvgIpc) is 2.87. The maximum atomic E-state index is 6.52. The standard InChI is InChI=1S/C29H22O/c1-17-15-18(2)27(19(3)16-17)24-13-14-26-29-22(10-6-11-23(24)29)21-9-4-7-20-8-5-12-25(30-26)28(20)21/h4-16H,1-3H3. The first kappa shape index (κ1) is 17.3. The number of aryl methyl sites for hydroxylation is 3. The second-order valence-electron chi connectivity index (χ2n) is 8.38. The Bertz CT molecular complexity index is 1590. The van der Waals surface area contributed by atoms with Crippen LogP contribution in [0.3, 0.4) is 0 Å². The van der Waals surface area contributed by atoms with E-state index < -0.39 is 0 Å². The van der Waals surface area contributed by atoms with Gasteiger partial charge in [-0.05, 0) is 76.7 Å². The first-order valence-electron chi connectivity index (χ1n) is 10.5. The normalized spacial score (nSPS) is 11.8. The zero-order valence-corrected chi connectivity index (χ0v) is 17.4. The number of hydrogen-bond acceptors (Lipinski definition) is 1. The van der Waals surface area contributed by atoms with E-state index in [4.69, 9.17) is 4.42 Å². The lowest BCUT2D eigenvalue weighted by Crippen LogP contribution is -1.91. The van der Waals surface area contributed by atoms with Gasteiger partial charge in [0.25, 0.3) is 0 Å². The highest BCUT2D eigenvalue weighted by Crippen LogP contribution is 2.41. The van der Waals surface area contributed by atoms with Gasteiger partial charge in [-0.2, -0.15) is 0 Å². The second-order valence-corrected chi connectivity index (χ2v) is 8.38. The van der Waals surface area contributed by atoms with Crippen LogP contribution in [0.5, 0.6) is 0 Å². The van der Waals surface area contributed by atoms with Crippen molar-refractivity contribution in [3.63, 3.8) is 0 Å². The molecule has 0 aliphatic rings. The fraction of sp³-hybridized carbons (Fsp3) is 0.103. The van der Waals surface area contributed by atoms with Crippen LogP contribution < -0.4 is 0 Å². The molecule has 1 nitrogen and oxygen atoms in total. The fourth-order valence-electron chi connectivity index (χ4n) is 5.24. The first-order valence-corrected chi connectivity index (χ1v) is 10.5. The molecule has 0 fully saturated rings. The summed E-state index contributed by atoms with van der Waals surface area (Å²) >= 11 is 0. The predicted molar refractivity (Wildman–Crippen MR) is 128 cm³/mol. The van der Waals surface area contributed by atoms with Crippen molar-refractivity contribution >= 4 is 43.5 Å². The van der Waals surface area contributed by atoms with Gasteiger partial charge in [-0.1, -0.05) is 72.3 Å². The van der Waals surface area contributed by atoms with Gasteiger partial charge in [0, 0.05) is 10.8 Å². The Labute approximate surface area is 175 Å². The lowest BCUT2D eigenvalue weighted by atomic mass is 9.89. The molecule has 0 unspecified atom stereocenters. The highest BCUT2D eigenvalue weighted by molar-refractivity contribution is 6.24. The zero-order valence-electron chi connectivity index (χ0n) is 17.4. The second kappa shape index (κ2) is 6.21. The molecule has 0 aliphatic heterocycles. The van der Waals surface area contributed by atoms with Crippen LogP contribution in [-0.2, 0) is 0 Å². The van der Waals surface area contributed by atoms with Crippen LogP contribution in [0.4, 0.5) is 0 Å². The molecule has 30 heavy (non-hydrogen) atoms. The van der Waals surface area contributed by atoms with Crippen LogP contribution in [0, 0.1) is 20.8 Å². The van der Waals surface area contributed by atoms with Crippen molar-refractivity contribution in [1.29, 1.82) is 0 Å². The lowest BCUT2D eigenvalue weighted by Gasteiger charge is -2.15. The number of benzene rings is 5. The maximum Gasteiger partial charge on any atom is 0.135 e. The Morgan fingerprint density at radius 3 is 1.93 bits per heavy atom. The Morgan fingerprint density at radius 2 is 1.17 bits per heavy atom. The smallest absolute Gasteiger partial charge is 0.135 e. The van der Waals surface area contributed by atoms with E-state index in [1.54, 1.807) is 0 Å². The highest BCUT2D eigenvalue weighted by Gasteiger charge is 2.15. The number of hydrogen-bond donors (Lipinski definition) is 0. The van der Waals surface area contributed by atoms with Crippen LogP contribution in [0.25, 0.3) is 54.6 Å². The van der Waals surface area contributed by atoms with E-state index in [-0.39, 0.29) is 0 Å². The van der Waals surface area contributed by atoms with Gasteiger partial charge in [0.2, 0.25) is 0 Å². The molecule has 6 aromatic rings. The van der Waals surface area contributed by atoms with Crippen molar-refractivity contribution in [1.82, 2.24) is 0 Å². The van der Waals surface area contributed by atoms with E-state index in [2.05, 4.69) is 99.6 Å².